The molecule has 0 atom stereocenters. The predicted octanol–water partition coefficient (Wildman–Crippen LogP) is 4.08. The van der Waals surface area contributed by atoms with E-state index >= 15 is 0 Å². The monoisotopic (exact) mass is 444 g/mol. The summed E-state index contributed by atoms with van der Waals surface area (Å²) in [5.41, 5.74) is 1.55. The van der Waals surface area contributed by atoms with E-state index < -0.39 is 10.0 Å². The van der Waals surface area contributed by atoms with E-state index in [4.69, 9.17) is 4.74 Å². The second kappa shape index (κ2) is 11.3. The van der Waals surface area contributed by atoms with Gasteiger partial charge in [-0.3, -0.25) is 4.79 Å². The quantitative estimate of drug-likeness (QED) is 0.643. The summed E-state index contributed by atoms with van der Waals surface area (Å²) in [5.74, 6) is 0.376. The lowest BCUT2D eigenvalue weighted by Crippen LogP contribution is -2.38. The lowest BCUT2D eigenvalue weighted by molar-refractivity contribution is -0.123. The summed E-state index contributed by atoms with van der Waals surface area (Å²) < 4.78 is 33.5. The zero-order valence-electron chi connectivity index (χ0n) is 18.1. The third-order valence-corrected chi connectivity index (χ3v) is 6.99. The first-order valence-corrected chi connectivity index (χ1v) is 12.5. The van der Waals surface area contributed by atoms with E-state index in [1.54, 1.807) is 19.1 Å². The highest BCUT2D eigenvalue weighted by Crippen LogP contribution is 2.22. The normalized spacial score (nSPS) is 15.6. The molecule has 1 saturated carbocycles. The number of rotatable bonds is 8. The van der Waals surface area contributed by atoms with Gasteiger partial charge < -0.3 is 10.1 Å². The molecule has 0 aromatic heterocycles. The lowest BCUT2D eigenvalue weighted by Gasteiger charge is -2.21. The van der Waals surface area contributed by atoms with E-state index in [9.17, 15) is 13.2 Å². The molecule has 0 radical (unpaired) electrons. The molecule has 7 heteroatoms. The van der Waals surface area contributed by atoms with Crippen LogP contribution in [0.4, 0.5) is 0 Å². The molecule has 0 bridgehead atoms. The molecule has 1 amide bonds. The maximum Gasteiger partial charge on any atom is 0.258 e. The van der Waals surface area contributed by atoms with Gasteiger partial charge in [0.15, 0.2) is 6.61 Å². The van der Waals surface area contributed by atoms with E-state index in [-0.39, 0.29) is 30.0 Å². The Morgan fingerprint density at radius 1 is 1.00 bits per heavy atom. The van der Waals surface area contributed by atoms with Crippen LogP contribution in [-0.2, 0) is 21.4 Å². The van der Waals surface area contributed by atoms with Gasteiger partial charge in [-0.2, -0.15) is 0 Å². The van der Waals surface area contributed by atoms with E-state index in [0.29, 0.717) is 11.3 Å². The highest BCUT2D eigenvalue weighted by atomic mass is 32.2. The third kappa shape index (κ3) is 7.36. The van der Waals surface area contributed by atoms with Crippen molar-refractivity contribution in [2.45, 2.75) is 69.4 Å². The zero-order valence-corrected chi connectivity index (χ0v) is 18.9. The minimum absolute atomic E-state index is 0.0737. The highest BCUT2D eigenvalue weighted by molar-refractivity contribution is 7.89. The number of amides is 1. The van der Waals surface area contributed by atoms with Crippen LogP contribution in [0.25, 0.3) is 0 Å². The second-order valence-electron chi connectivity index (χ2n) is 8.14. The summed E-state index contributed by atoms with van der Waals surface area (Å²) in [4.78, 5) is 12.5. The second-order valence-corrected chi connectivity index (χ2v) is 9.90. The van der Waals surface area contributed by atoms with Crippen LogP contribution < -0.4 is 14.8 Å². The maximum absolute atomic E-state index is 12.6. The topological polar surface area (TPSA) is 84.5 Å². The van der Waals surface area contributed by atoms with E-state index in [1.165, 1.54) is 25.3 Å². The van der Waals surface area contributed by atoms with Gasteiger partial charge in [0.25, 0.3) is 5.91 Å². The third-order valence-electron chi connectivity index (χ3n) is 5.59. The van der Waals surface area contributed by atoms with Crippen molar-refractivity contribution in [3.63, 3.8) is 0 Å². The molecule has 0 spiro atoms. The van der Waals surface area contributed by atoms with Crippen molar-refractivity contribution in [3.8, 4) is 5.75 Å². The van der Waals surface area contributed by atoms with Gasteiger partial charge in [-0.1, -0.05) is 62.4 Å². The molecule has 1 fully saturated rings. The number of nitrogens with one attached hydrogen (secondary N) is 2. The van der Waals surface area contributed by atoms with Crippen molar-refractivity contribution in [3.05, 3.63) is 59.7 Å². The van der Waals surface area contributed by atoms with Crippen molar-refractivity contribution in [1.82, 2.24) is 10.0 Å². The number of carbonyl (C=O) groups is 1. The molecule has 0 saturated heterocycles. The summed E-state index contributed by atoms with van der Waals surface area (Å²) in [6.45, 7) is 1.93. The number of ether oxygens (including phenoxy) is 1. The van der Waals surface area contributed by atoms with Crippen LogP contribution in [0.5, 0.6) is 5.75 Å². The van der Waals surface area contributed by atoms with Gasteiger partial charge in [0.05, 0.1) is 4.90 Å². The van der Waals surface area contributed by atoms with Gasteiger partial charge in [-0.15, -0.1) is 0 Å². The molecule has 0 aliphatic heterocycles. The molecule has 6 nitrogen and oxygen atoms in total. The molecule has 31 heavy (non-hydrogen) atoms. The Labute approximate surface area is 185 Å². The Morgan fingerprint density at radius 2 is 1.68 bits per heavy atom. The Hall–Kier alpha value is -2.38. The first kappa shape index (κ1) is 23.3. The van der Waals surface area contributed by atoms with Crippen LogP contribution in [0.2, 0.25) is 0 Å². The molecule has 3 rings (SSSR count). The zero-order chi connectivity index (χ0) is 22.1. The molecular weight excluding hydrogens is 412 g/mol. The number of hydrogen-bond acceptors (Lipinski definition) is 4. The summed E-state index contributed by atoms with van der Waals surface area (Å²) in [7, 11) is -3.64. The fourth-order valence-corrected chi connectivity index (χ4v) is 4.92. The summed E-state index contributed by atoms with van der Waals surface area (Å²) in [6, 6.07) is 14.3. The molecule has 2 N–H and O–H groups in total. The Balaban J connectivity index is 1.53. The van der Waals surface area contributed by atoms with Crippen molar-refractivity contribution in [1.29, 1.82) is 0 Å². The van der Waals surface area contributed by atoms with Gasteiger partial charge in [-0.25, -0.2) is 13.1 Å². The van der Waals surface area contributed by atoms with Crippen LogP contribution >= 0.6 is 0 Å². The largest absolute Gasteiger partial charge is 0.484 e. The van der Waals surface area contributed by atoms with Gasteiger partial charge in [0.1, 0.15) is 5.75 Å². The summed E-state index contributed by atoms with van der Waals surface area (Å²) >= 11 is 0. The van der Waals surface area contributed by atoms with E-state index in [2.05, 4.69) is 10.0 Å². The maximum atomic E-state index is 12.6. The van der Waals surface area contributed by atoms with Crippen molar-refractivity contribution >= 4 is 15.9 Å². The van der Waals surface area contributed by atoms with Crippen LogP contribution in [-0.4, -0.2) is 27.0 Å². The SMILES string of the molecule is Cc1cc(S(=O)(=O)NCc2ccccc2)ccc1OCC(=O)NC1CCCCCCC1. The van der Waals surface area contributed by atoms with Crippen molar-refractivity contribution in [2.24, 2.45) is 0 Å². The smallest absolute Gasteiger partial charge is 0.258 e. The van der Waals surface area contributed by atoms with Gasteiger partial charge in [0.2, 0.25) is 10.0 Å². The average molecular weight is 445 g/mol. The molecule has 1 aliphatic carbocycles. The molecule has 2 aromatic carbocycles. The van der Waals surface area contributed by atoms with Crippen molar-refractivity contribution < 1.29 is 17.9 Å². The van der Waals surface area contributed by atoms with Gasteiger partial charge in [-0.05, 0) is 49.1 Å². The highest BCUT2D eigenvalue weighted by Gasteiger charge is 2.17. The van der Waals surface area contributed by atoms with Crippen LogP contribution in [0.1, 0.15) is 56.1 Å². The standard InChI is InChI=1S/C24H32N2O4S/c1-19-16-22(31(28,29)25-17-20-10-6-5-7-11-20)14-15-23(19)30-18-24(27)26-21-12-8-3-2-4-9-13-21/h5-7,10-11,14-16,21,25H,2-4,8-9,12-13,17-18H2,1H3,(H,26,27). The van der Waals surface area contributed by atoms with E-state index in [1.807, 2.05) is 30.3 Å². The fraction of sp³-hybridized carbons (Fsp3) is 0.458. The molecule has 0 heterocycles. The number of sulfonamides is 1. The van der Waals surface area contributed by atoms with Gasteiger partial charge >= 0.3 is 0 Å². The molecule has 2 aromatic rings. The number of benzene rings is 2. The molecule has 1 aliphatic rings. The number of aryl methyl sites for hydroxylation is 1. The fourth-order valence-electron chi connectivity index (χ4n) is 3.82. The minimum Gasteiger partial charge on any atom is -0.484 e. The molecular formula is C24H32N2O4S. The average Bonchev–Trinajstić information content (AvgIpc) is 2.74. The number of hydrogen-bond donors (Lipinski definition) is 2. The predicted molar refractivity (Wildman–Crippen MR) is 121 cm³/mol. The first-order chi connectivity index (χ1) is 14.9. The van der Waals surface area contributed by atoms with Crippen LogP contribution in [0.3, 0.4) is 0 Å². The number of carbonyl (C=O) groups excluding carboxylic acids is 1. The lowest BCUT2D eigenvalue weighted by atomic mass is 9.97. The Morgan fingerprint density at radius 3 is 2.35 bits per heavy atom. The summed E-state index contributed by atoms with van der Waals surface area (Å²) in [5, 5.41) is 3.07. The molecule has 168 valence electrons. The molecule has 0 unspecified atom stereocenters. The van der Waals surface area contributed by atoms with E-state index in [0.717, 1.165) is 31.2 Å². The van der Waals surface area contributed by atoms with Crippen LogP contribution in [0, 0.1) is 6.92 Å². The Kier molecular flexibility index (Phi) is 8.49. The van der Waals surface area contributed by atoms with Gasteiger partial charge in [0, 0.05) is 12.6 Å². The van der Waals surface area contributed by atoms with Crippen molar-refractivity contribution in [2.75, 3.05) is 6.61 Å². The first-order valence-electron chi connectivity index (χ1n) is 11.0. The summed E-state index contributed by atoms with van der Waals surface area (Å²) in [6.07, 6.45) is 8.10. The van der Waals surface area contributed by atoms with Crippen LogP contribution in [0.15, 0.2) is 53.4 Å². The Bertz CT molecular complexity index is 953. The minimum atomic E-state index is -3.64.